The standard InChI is InChI=1S/C6H10N4.2ClH/c7-3-6-8-4-9-10(6)5-1-2-5;;/h4-5H,1-3,7H2;2*1H. The quantitative estimate of drug-likeness (QED) is 0.791. The second-order valence-corrected chi connectivity index (χ2v) is 2.56. The first-order valence-corrected chi connectivity index (χ1v) is 3.50. The van der Waals surface area contributed by atoms with Crippen LogP contribution in [0.3, 0.4) is 0 Å². The molecule has 0 aliphatic heterocycles. The van der Waals surface area contributed by atoms with Gasteiger partial charge in [0.05, 0.1) is 12.6 Å². The van der Waals surface area contributed by atoms with Crippen molar-refractivity contribution in [2.75, 3.05) is 0 Å². The molecule has 2 rings (SSSR count). The van der Waals surface area contributed by atoms with Gasteiger partial charge in [0.1, 0.15) is 12.2 Å². The molecule has 0 spiro atoms. The van der Waals surface area contributed by atoms with E-state index in [9.17, 15) is 0 Å². The zero-order chi connectivity index (χ0) is 6.97. The highest BCUT2D eigenvalue weighted by Gasteiger charge is 2.26. The first-order chi connectivity index (χ1) is 4.92. The number of halogens is 2. The van der Waals surface area contributed by atoms with Crippen molar-refractivity contribution >= 4 is 24.8 Å². The Morgan fingerprint density at radius 1 is 1.50 bits per heavy atom. The molecule has 2 N–H and O–H groups in total. The molecule has 1 aliphatic rings. The van der Waals surface area contributed by atoms with Crippen LogP contribution in [0.1, 0.15) is 24.7 Å². The highest BCUT2D eigenvalue weighted by molar-refractivity contribution is 5.85. The van der Waals surface area contributed by atoms with Gasteiger partial charge in [-0.25, -0.2) is 9.67 Å². The third-order valence-electron chi connectivity index (χ3n) is 1.72. The molecule has 1 saturated carbocycles. The zero-order valence-corrected chi connectivity index (χ0v) is 8.14. The van der Waals surface area contributed by atoms with E-state index in [4.69, 9.17) is 5.73 Å². The van der Waals surface area contributed by atoms with Crippen LogP contribution < -0.4 is 5.73 Å². The van der Waals surface area contributed by atoms with E-state index < -0.39 is 0 Å². The summed E-state index contributed by atoms with van der Waals surface area (Å²) in [5.74, 6) is 0.905. The monoisotopic (exact) mass is 210 g/mol. The van der Waals surface area contributed by atoms with Gasteiger partial charge >= 0.3 is 0 Å². The molecule has 0 aromatic carbocycles. The van der Waals surface area contributed by atoms with Crippen molar-refractivity contribution in [3.63, 3.8) is 0 Å². The largest absolute Gasteiger partial charge is 0.324 e. The van der Waals surface area contributed by atoms with Gasteiger partial charge in [0.15, 0.2) is 0 Å². The molecule has 1 aromatic heterocycles. The predicted octanol–water partition coefficient (Wildman–Crippen LogP) is 0.915. The second-order valence-electron chi connectivity index (χ2n) is 2.56. The summed E-state index contributed by atoms with van der Waals surface area (Å²) < 4.78 is 1.93. The van der Waals surface area contributed by atoms with E-state index in [2.05, 4.69) is 10.1 Å². The maximum Gasteiger partial charge on any atom is 0.140 e. The van der Waals surface area contributed by atoms with Crippen LogP contribution in [0.4, 0.5) is 0 Å². The lowest BCUT2D eigenvalue weighted by molar-refractivity contribution is 0.600. The number of hydrogen-bond acceptors (Lipinski definition) is 3. The molecule has 12 heavy (non-hydrogen) atoms. The van der Waals surface area contributed by atoms with Crippen LogP contribution in [-0.4, -0.2) is 14.8 Å². The normalized spacial score (nSPS) is 14.8. The summed E-state index contributed by atoms with van der Waals surface area (Å²) in [4.78, 5) is 4.02. The van der Waals surface area contributed by atoms with Crippen molar-refractivity contribution in [1.29, 1.82) is 0 Å². The van der Waals surface area contributed by atoms with Gasteiger partial charge in [-0.15, -0.1) is 24.8 Å². The smallest absolute Gasteiger partial charge is 0.140 e. The van der Waals surface area contributed by atoms with Crippen LogP contribution >= 0.6 is 24.8 Å². The Hall–Kier alpha value is -0.320. The summed E-state index contributed by atoms with van der Waals surface area (Å²) in [7, 11) is 0. The third-order valence-corrected chi connectivity index (χ3v) is 1.72. The van der Waals surface area contributed by atoms with Crippen molar-refractivity contribution in [2.45, 2.75) is 25.4 Å². The van der Waals surface area contributed by atoms with Gasteiger partial charge in [0, 0.05) is 0 Å². The Balaban J connectivity index is 0.000000605. The minimum Gasteiger partial charge on any atom is -0.324 e. The highest BCUT2D eigenvalue weighted by Crippen LogP contribution is 2.34. The Bertz CT molecular complexity index is 233. The summed E-state index contributed by atoms with van der Waals surface area (Å²) in [6.07, 6.45) is 4.03. The summed E-state index contributed by atoms with van der Waals surface area (Å²) in [5, 5.41) is 4.07. The first-order valence-electron chi connectivity index (χ1n) is 3.50. The minimum atomic E-state index is 0. The fourth-order valence-corrected chi connectivity index (χ4v) is 1.04. The zero-order valence-electron chi connectivity index (χ0n) is 6.51. The van der Waals surface area contributed by atoms with Crippen LogP contribution in [0.2, 0.25) is 0 Å². The number of hydrogen-bond donors (Lipinski definition) is 1. The molecular weight excluding hydrogens is 199 g/mol. The van der Waals surface area contributed by atoms with Crippen LogP contribution in [-0.2, 0) is 6.54 Å². The fraction of sp³-hybridized carbons (Fsp3) is 0.667. The van der Waals surface area contributed by atoms with Crippen molar-refractivity contribution in [3.05, 3.63) is 12.2 Å². The second kappa shape index (κ2) is 4.64. The van der Waals surface area contributed by atoms with Crippen LogP contribution in [0.25, 0.3) is 0 Å². The first kappa shape index (κ1) is 11.7. The molecule has 6 heteroatoms. The highest BCUT2D eigenvalue weighted by atomic mass is 35.5. The van der Waals surface area contributed by atoms with Crippen molar-refractivity contribution in [2.24, 2.45) is 5.73 Å². The van der Waals surface area contributed by atoms with E-state index in [1.807, 2.05) is 4.68 Å². The summed E-state index contributed by atoms with van der Waals surface area (Å²) in [6, 6.07) is 0.598. The van der Waals surface area contributed by atoms with Crippen molar-refractivity contribution in [1.82, 2.24) is 14.8 Å². The SMILES string of the molecule is Cl.Cl.NCc1ncnn1C1CC1. The maximum absolute atomic E-state index is 5.44. The van der Waals surface area contributed by atoms with Crippen LogP contribution in [0, 0.1) is 0 Å². The number of nitrogens with zero attached hydrogens (tertiary/aromatic N) is 3. The molecule has 70 valence electrons. The van der Waals surface area contributed by atoms with Gasteiger partial charge in [-0.2, -0.15) is 5.10 Å². The molecule has 1 aromatic rings. The molecule has 4 nitrogen and oxygen atoms in total. The molecule has 1 heterocycles. The van der Waals surface area contributed by atoms with Gasteiger partial charge in [0.2, 0.25) is 0 Å². The van der Waals surface area contributed by atoms with Gasteiger partial charge in [-0.1, -0.05) is 0 Å². The predicted molar refractivity (Wildman–Crippen MR) is 50.7 cm³/mol. The summed E-state index contributed by atoms with van der Waals surface area (Å²) in [5.41, 5.74) is 5.44. The van der Waals surface area contributed by atoms with E-state index in [1.54, 1.807) is 6.33 Å². The average Bonchev–Trinajstić information content (AvgIpc) is 2.69. The van der Waals surface area contributed by atoms with Crippen LogP contribution in [0.15, 0.2) is 6.33 Å². The molecule has 0 bridgehead atoms. The average molecular weight is 211 g/mol. The Morgan fingerprint density at radius 3 is 2.67 bits per heavy atom. The van der Waals surface area contributed by atoms with Gasteiger partial charge < -0.3 is 5.73 Å². The molecule has 1 aliphatic carbocycles. The van der Waals surface area contributed by atoms with E-state index in [-0.39, 0.29) is 24.8 Å². The molecular formula is C6H12Cl2N4. The molecule has 0 unspecified atom stereocenters. The van der Waals surface area contributed by atoms with Gasteiger partial charge in [-0.05, 0) is 12.8 Å². The number of aromatic nitrogens is 3. The molecule has 0 atom stereocenters. The maximum atomic E-state index is 5.44. The van der Waals surface area contributed by atoms with Gasteiger partial charge in [-0.3, -0.25) is 0 Å². The molecule has 0 amide bonds. The summed E-state index contributed by atoms with van der Waals surface area (Å²) in [6.45, 7) is 0.497. The molecule has 1 fully saturated rings. The topological polar surface area (TPSA) is 56.7 Å². The summed E-state index contributed by atoms with van der Waals surface area (Å²) >= 11 is 0. The fourth-order valence-electron chi connectivity index (χ4n) is 1.04. The Morgan fingerprint density at radius 2 is 2.17 bits per heavy atom. The van der Waals surface area contributed by atoms with Crippen molar-refractivity contribution in [3.8, 4) is 0 Å². The number of rotatable bonds is 2. The minimum absolute atomic E-state index is 0. The third kappa shape index (κ3) is 2.09. The van der Waals surface area contributed by atoms with E-state index in [0.29, 0.717) is 12.6 Å². The van der Waals surface area contributed by atoms with Crippen LogP contribution in [0.5, 0.6) is 0 Å². The lowest BCUT2D eigenvalue weighted by Gasteiger charge is -1.98. The number of nitrogens with two attached hydrogens (primary N) is 1. The Labute approximate surface area is 83.4 Å². The van der Waals surface area contributed by atoms with E-state index in [0.717, 1.165) is 5.82 Å². The van der Waals surface area contributed by atoms with Gasteiger partial charge in [0.25, 0.3) is 0 Å². The van der Waals surface area contributed by atoms with E-state index in [1.165, 1.54) is 12.8 Å². The Kier molecular flexibility index (Phi) is 4.52. The molecule has 0 saturated heterocycles. The molecule has 0 radical (unpaired) electrons. The van der Waals surface area contributed by atoms with Crippen molar-refractivity contribution < 1.29 is 0 Å². The lowest BCUT2D eigenvalue weighted by Crippen LogP contribution is -2.08. The lowest BCUT2D eigenvalue weighted by atomic mass is 10.6. The van der Waals surface area contributed by atoms with E-state index >= 15 is 0 Å².